The van der Waals surface area contributed by atoms with Gasteiger partial charge in [-0.15, -0.1) is 0 Å². The molecule has 0 heterocycles. The number of rotatable bonds is 8. The molecule has 0 bridgehead atoms. The van der Waals surface area contributed by atoms with E-state index in [1.54, 1.807) is 0 Å². The van der Waals surface area contributed by atoms with Crippen molar-refractivity contribution < 1.29 is 0 Å². The van der Waals surface area contributed by atoms with Crippen LogP contribution in [-0.2, 0) is 46.3 Å². The van der Waals surface area contributed by atoms with Gasteiger partial charge in [-0.25, -0.2) is 0 Å². The average molecular weight is 620 g/mol. The molecule has 0 nitrogen and oxygen atoms in total. The predicted molar refractivity (Wildman–Crippen MR) is 202 cm³/mol. The van der Waals surface area contributed by atoms with Crippen molar-refractivity contribution in [3.8, 4) is 0 Å². The third-order valence-corrected chi connectivity index (χ3v) is 13.5. The molecule has 0 amide bonds. The summed E-state index contributed by atoms with van der Waals surface area (Å²) in [6.07, 6.45) is 4.56. The van der Waals surface area contributed by atoms with Gasteiger partial charge in [0.2, 0.25) is 0 Å². The van der Waals surface area contributed by atoms with E-state index < -0.39 is 7.26 Å². The van der Waals surface area contributed by atoms with Crippen molar-refractivity contribution in [2.24, 2.45) is 0 Å². The number of hydrogen-bond donors (Lipinski definition) is 0. The van der Waals surface area contributed by atoms with Crippen molar-refractivity contribution in [3.05, 3.63) is 142 Å². The second-order valence-corrected chi connectivity index (χ2v) is 21.7. The van der Waals surface area contributed by atoms with Gasteiger partial charge in [-0.3, -0.25) is 0 Å². The molecule has 0 N–H and O–H groups in total. The average Bonchev–Trinajstić information content (AvgIpc) is 2.92. The van der Waals surface area contributed by atoms with Crippen LogP contribution in [0.3, 0.4) is 0 Å². The maximum atomic E-state index is 2.42. The zero-order chi connectivity index (χ0) is 33.3. The van der Waals surface area contributed by atoms with Crippen molar-refractivity contribution in [1.29, 1.82) is 0 Å². The lowest BCUT2D eigenvalue weighted by Gasteiger charge is -2.30. The Morgan fingerprint density at radius 2 is 0.444 bits per heavy atom. The molecule has 0 saturated heterocycles. The van der Waals surface area contributed by atoms with Crippen LogP contribution in [0.5, 0.6) is 0 Å². The highest BCUT2D eigenvalue weighted by atomic mass is 31.2. The monoisotopic (exact) mass is 619 g/mol. The first-order valence-electron chi connectivity index (χ1n) is 17.0. The Labute approximate surface area is 277 Å². The van der Waals surface area contributed by atoms with Gasteiger partial charge >= 0.3 is 0 Å². The van der Waals surface area contributed by atoms with E-state index in [2.05, 4.69) is 180 Å². The fourth-order valence-corrected chi connectivity index (χ4v) is 10.9. The highest BCUT2D eigenvalue weighted by Gasteiger charge is 2.39. The lowest BCUT2D eigenvalue weighted by molar-refractivity contribution is 0.590. The van der Waals surface area contributed by atoms with Gasteiger partial charge in [0.15, 0.2) is 0 Å². The van der Waals surface area contributed by atoms with Gasteiger partial charge in [0.1, 0.15) is 0 Å². The van der Waals surface area contributed by atoms with Crippen molar-refractivity contribution in [2.75, 3.05) is 0 Å². The summed E-state index contributed by atoms with van der Waals surface area (Å²) in [5.74, 6) is 0. The van der Waals surface area contributed by atoms with Crippen LogP contribution in [0.4, 0.5) is 0 Å². The summed E-state index contributed by atoms with van der Waals surface area (Å²) < 4.78 is 0. The highest BCUT2D eigenvalue weighted by Crippen LogP contribution is 2.68. The molecule has 0 fully saturated rings. The second-order valence-electron chi connectivity index (χ2n) is 17.8. The molecule has 0 spiro atoms. The fourth-order valence-electron chi connectivity index (χ4n) is 6.33. The summed E-state index contributed by atoms with van der Waals surface area (Å²) in [4.78, 5) is 0. The zero-order valence-electron chi connectivity index (χ0n) is 30.5. The standard InChI is InChI=1S/C44H60P/c1-41(2,3)37-21-13-33(14-22-37)29-45(30-34-15-23-38(24-16-34)42(4,5)6,31-35-17-25-39(26-18-35)43(7,8)9)32-36-19-27-40(28-20-36)44(10,11)12/h13-28H,29-32H2,1-12H3/q+1. The van der Waals surface area contributed by atoms with Crippen LogP contribution in [0.15, 0.2) is 97.1 Å². The summed E-state index contributed by atoms with van der Waals surface area (Å²) in [5.41, 5.74) is 12.1. The molecule has 240 valence electrons. The lowest BCUT2D eigenvalue weighted by atomic mass is 9.87. The third-order valence-electron chi connectivity index (χ3n) is 9.35. The highest BCUT2D eigenvalue weighted by molar-refractivity contribution is 7.72. The number of hydrogen-bond acceptors (Lipinski definition) is 0. The minimum atomic E-state index is -1.61. The van der Waals surface area contributed by atoms with Crippen LogP contribution >= 0.6 is 7.26 Å². The summed E-state index contributed by atoms with van der Waals surface area (Å²) >= 11 is 0. The summed E-state index contributed by atoms with van der Waals surface area (Å²) in [6, 6.07) is 38.3. The molecule has 4 aromatic carbocycles. The normalized spacial score (nSPS) is 13.2. The van der Waals surface area contributed by atoms with E-state index in [-0.39, 0.29) is 21.7 Å². The Morgan fingerprint density at radius 3 is 0.578 bits per heavy atom. The van der Waals surface area contributed by atoms with E-state index in [1.165, 1.54) is 44.5 Å². The smallest absolute Gasteiger partial charge is 0.0581 e. The summed E-state index contributed by atoms with van der Waals surface area (Å²) in [7, 11) is -1.61. The van der Waals surface area contributed by atoms with Crippen molar-refractivity contribution in [3.63, 3.8) is 0 Å². The van der Waals surface area contributed by atoms with E-state index in [4.69, 9.17) is 0 Å². The van der Waals surface area contributed by atoms with E-state index >= 15 is 0 Å². The maximum Gasteiger partial charge on any atom is 0.0852 e. The van der Waals surface area contributed by atoms with Crippen molar-refractivity contribution in [2.45, 2.75) is 129 Å². The molecular weight excluding hydrogens is 559 g/mol. The molecule has 0 unspecified atom stereocenters. The Kier molecular flexibility index (Phi) is 10.3. The Balaban J connectivity index is 1.81. The van der Waals surface area contributed by atoms with Crippen LogP contribution < -0.4 is 0 Å². The van der Waals surface area contributed by atoms with Crippen LogP contribution in [-0.4, -0.2) is 0 Å². The molecule has 0 aliphatic heterocycles. The van der Waals surface area contributed by atoms with Gasteiger partial charge in [0, 0.05) is 7.26 Å². The quantitative estimate of drug-likeness (QED) is 0.172. The minimum absolute atomic E-state index is 0.156. The maximum absolute atomic E-state index is 2.42. The summed E-state index contributed by atoms with van der Waals surface area (Å²) in [5, 5.41) is 0. The topological polar surface area (TPSA) is 0 Å². The number of benzene rings is 4. The molecule has 0 radical (unpaired) electrons. The Bertz CT molecular complexity index is 1260. The SMILES string of the molecule is CC(C)(C)c1ccc(C[P+](Cc2ccc(C(C)(C)C)cc2)(Cc2ccc(C(C)(C)C)cc2)Cc2ccc(C(C)(C)C)cc2)cc1. The molecule has 0 saturated carbocycles. The van der Waals surface area contributed by atoms with Gasteiger partial charge in [-0.05, 0) is 66.2 Å². The van der Waals surface area contributed by atoms with Gasteiger partial charge in [0.25, 0.3) is 0 Å². The van der Waals surface area contributed by atoms with Crippen LogP contribution in [0.2, 0.25) is 0 Å². The van der Waals surface area contributed by atoms with Gasteiger partial charge < -0.3 is 0 Å². The lowest BCUT2D eigenvalue weighted by Crippen LogP contribution is -2.13. The Hall–Kier alpha value is -2.69. The fraction of sp³-hybridized carbons (Fsp3) is 0.455. The van der Waals surface area contributed by atoms with Gasteiger partial charge in [-0.1, -0.05) is 180 Å². The zero-order valence-corrected chi connectivity index (χ0v) is 31.4. The molecular formula is C44H60P+. The van der Waals surface area contributed by atoms with Crippen LogP contribution in [0, 0.1) is 0 Å². The van der Waals surface area contributed by atoms with Gasteiger partial charge in [0.05, 0.1) is 24.6 Å². The largest absolute Gasteiger partial charge is 0.0852 e. The molecule has 0 aliphatic carbocycles. The molecule has 0 aromatic heterocycles. The molecule has 4 rings (SSSR count). The van der Waals surface area contributed by atoms with E-state index in [0.717, 1.165) is 24.6 Å². The van der Waals surface area contributed by atoms with Crippen molar-refractivity contribution >= 4 is 7.26 Å². The molecule has 0 atom stereocenters. The first-order chi connectivity index (χ1) is 20.7. The summed E-state index contributed by atoms with van der Waals surface area (Å²) in [6.45, 7) is 27.7. The molecule has 1 heteroatoms. The Morgan fingerprint density at radius 1 is 0.289 bits per heavy atom. The first kappa shape index (κ1) is 35.2. The van der Waals surface area contributed by atoms with E-state index in [9.17, 15) is 0 Å². The van der Waals surface area contributed by atoms with E-state index in [1.807, 2.05) is 0 Å². The van der Waals surface area contributed by atoms with Gasteiger partial charge in [-0.2, -0.15) is 0 Å². The first-order valence-corrected chi connectivity index (χ1v) is 19.5. The molecule has 0 aliphatic rings. The predicted octanol–water partition coefficient (Wildman–Crippen LogP) is 13.0. The molecule has 4 aromatic rings. The van der Waals surface area contributed by atoms with Crippen LogP contribution in [0.25, 0.3) is 0 Å². The van der Waals surface area contributed by atoms with Crippen LogP contribution in [0.1, 0.15) is 128 Å². The molecule has 45 heavy (non-hydrogen) atoms. The van der Waals surface area contributed by atoms with Crippen molar-refractivity contribution in [1.82, 2.24) is 0 Å². The third kappa shape index (κ3) is 9.66. The van der Waals surface area contributed by atoms with E-state index in [0.29, 0.717) is 0 Å². The minimum Gasteiger partial charge on any atom is -0.0581 e. The second kappa shape index (κ2) is 13.2.